The molecule has 1 rings (SSSR count). The zero-order chi connectivity index (χ0) is 14.4. The number of hydrogen-bond acceptors (Lipinski definition) is 2. The van der Waals surface area contributed by atoms with Gasteiger partial charge in [-0.15, -0.1) is 0 Å². The normalized spacial score (nSPS) is 20.9. The second-order valence-corrected chi connectivity index (χ2v) is 3.79. The van der Waals surface area contributed by atoms with Crippen LogP contribution in [-0.4, -0.2) is 16.7 Å². The van der Waals surface area contributed by atoms with Gasteiger partial charge in [0.15, 0.2) is 0 Å². The van der Waals surface area contributed by atoms with Crippen LogP contribution in [0.4, 0.5) is 0 Å². The number of carbonyl (C=O) groups is 2. The average Bonchev–Trinajstić information content (AvgIpc) is 2.61. The Kier molecular flexibility index (Phi) is 5.01. The van der Waals surface area contributed by atoms with Crippen molar-refractivity contribution in [2.75, 3.05) is 0 Å². The summed E-state index contributed by atoms with van der Waals surface area (Å²) in [6, 6.07) is 0. The van der Waals surface area contributed by atoms with Crippen LogP contribution in [0.25, 0.3) is 0 Å². The highest BCUT2D eigenvalue weighted by molar-refractivity contribution is 6.25. The van der Waals surface area contributed by atoms with E-state index in [2.05, 4.69) is 13.2 Å². The van der Waals surface area contributed by atoms with Gasteiger partial charge in [0.1, 0.15) is 0 Å². The van der Waals surface area contributed by atoms with Gasteiger partial charge in [0.2, 0.25) is 0 Å². The molecule has 3 heteroatoms. The van der Waals surface area contributed by atoms with Crippen molar-refractivity contribution >= 4 is 11.8 Å². The zero-order valence-electron chi connectivity index (χ0n) is 11.2. The summed E-state index contributed by atoms with van der Waals surface area (Å²) in [6.45, 7) is 10.7. The average molecular weight is 255 g/mol. The minimum atomic E-state index is -0.343. The molecule has 3 nitrogen and oxygen atoms in total. The maximum absolute atomic E-state index is 12.3. The number of imide groups is 1. The van der Waals surface area contributed by atoms with Crippen molar-refractivity contribution in [3.8, 4) is 0 Å². The minimum absolute atomic E-state index is 0.327. The lowest BCUT2D eigenvalue weighted by Crippen LogP contribution is -2.28. The molecule has 98 valence electrons. The predicted molar refractivity (Wildman–Crippen MR) is 77.0 cm³/mol. The van der Waals surface area contributed by atoms with E-state index in [0.717, 1.165) is 4.90 Å². The van der Waals surface area contributed by atoms with Gasteiger partial charge in [0.25, 0.3) is 11.8 Å². The van der Waals surface area contributed by atoms with Crippen LogP contribution in [0.1, 0.15) is 13.8 Å². The van der Waals surface area contributed by atoms with Gasteiger partial charge in [0.05, 0.1) is 11.3 Å². The summed E-state index contributed by atoms with van der Waals surface area (Å²) >= 11 is 0. The van der Waals surface area contributed by atoms with Crippen LogP contribution in [0, 0.1) is 0 Å². The molecular formula is C16H17NO2. The number of amides is 2. The largest absolute Gasteiger partial charge is 0.268 e. The van der Waals surface area contributed by atoms with E-state index in [1.54, 1.807) is 43.4 Å². The Labute approximate surface area is 113 Å². The van der Waals surface area contributed by atoms with E-state index in [4.69, 9.17) is 0 Å². The standard InChI is InChI=1S/C16H17NO2/c1-5-9-12(10-6-2)17-15(18)13(8-4)14(11-7-3)16(17)19/h5-11H,1,3H2,2,4H3/b10-6-,12-9+,13-8+,14-11+. The van der Waals surface area contributed by atoms with E-state index in [1.807, 2.05) is 6.92 Å². The highest BCUT2D eigenvalue weighted by Crippen LogP contribution is 2.28. The van der Waals surface area contributed by atoms with Gasteiger partial charge in [-0.25, -0.2) is 4.90 Å². The first-order valence-electron chi connectivity index (χ1n) is 5.95. The lowest BCUT2D eigenvalue weighted by Gasteiger charge is -2.13. The Balaban J connectivity index is 3.39. The van der Waals surface area contributed by atoms with E-state index >= 15 is 0 Å². The molecule has 19 heavy (non-hydrogen) atoms. The Hall–Kier alpha value is -2.42. The maximum Gasteiger partial charge on any atom is 0.266 e. The molecule has 0 saturated carbocycles. The summed E-state index contributed by atoms with van der Waals surface area (Å²) in [6.07, 6.45) is 11.3. The molecule has 1 aliphatic heterocycles. The maximum atomic E-state index is 12.3. The molecule has 0 atom stereocenters. The third-order valence-electron chi connectivity index (χ3n) is 2.61. The number of hydrogen-bond donors (Lipinski definition) is 0. The third kappa shape index (κ3) is 2.71. The first kappa shape index (κ1) is 14.6. The highest BCUT2D eigenvalue weighted by atomic mass is 16.2. The lowest BCUT2D eigenvalue weighted by atomic mass is 10.1. The molecule has 0 aromatic heterocycles. The van der Waals surface area contributed by atoms with Gasteiger partial charge in [0, 0.05) is 5.57 Å². The van der Waals surface area contributed by atoms with Crippen LogP contribution < -0.4 is 0 Å². The summed E-state index contributed by atoms with van der Waals surface area (Å²) in [7, 11) is 0. The number of carbonyl (C=O) groups excluding carboxylic acids is 2. The summed E-state index contributed by atoms with van der Waals surface area (Å²) in [5.74, 6) is -0.670. The van der Waals surface area contributed by atoms with Crippen LogP contribution in [0.5, 0.6) is 0 Å². The number of nitrogens with zero attached hydrogens (tertiary/aromatic N) is 1. The Morgan fingerprint density at radius 3 is 2.16 bits per heavy atom. The topological polar surface area (TPSA) is 37.4 Å². The van der Waals surface area contributed by atoms with Gasteiger partial charge < -0.3 is 0 Å². The summed E-state index contributed by atoms with van der Waals surface area (Å²) in [5, 5.41) is 0. The molecule has 0 bridgehead atoms. The number of allylic oxidation sites excluding steroid dienone is 7. The van der Waals surface area contributed by atoms with Crippen LogP contribution in [0.2, 0.25) is 0 Å². The van der Waals surface area contributed by atoms with Crippen LogP contribution >= 0.6 is 0 Å². The fourth-order valence-corrected chi connectivity index (χ4v) is 1.85. The molecule has 1 aliphatic rings. The lowest BCUT2D eigenvalue weighted by molar-refractivity contribution is -0.133. The minimum Gasteiger partial charge on any atom is -0.268 e. The Morgan fingerprint density at radius 1 is 1.05 bits per heavy atom. The summed E-state index contributed by atoms with van der Waals surface area (Å²) in [4.78, 5) is 25.7. The quantitative estimate of drug-likeness (QED) is 0.440. The van der Waals surface area contributed by atoms with Gasteiger partial charge in [-0.3, -0.25) is 9.59 Å². The van der Waals surface area contributed by atoms with Crippen LogP contribution in [0.3, 0.4) is 0 Å². The molecule has 0 radical (unpaired) electrons. The van der Waals surface area contributed by atoms with Crippen molar-refractivity contribution in [1.82, 2.24) is 4.90 Å². The first-order chi connectivity index (χ1) is 9.12. The third-order valence-corrected chi connectivity index (χ3v) is 2.61. The molecule has 1 fully saturated rings. The van der Waals surface area contributed by atoms with Crippen molar-refractivity contribution in [2.24, 2.45) is 0 Å². The molecule has 2 amide bonds. The SMILES string of the molecule is C=C/C=C1/C(=O)N(C(/C=C\C)=C/C=C)C(=O)/C1=C/C. The van der Waals surface area contributed by atoms with Crippen molar-refractivity contribution in [3.05, 3.63) is 72.5 Å². The fraction of sp³-hybridized carbons (Fsp3) is 0.125. The molecule has 1 heterocycles. The van der Waals surface area contributed by atoms with E-state index < -0.39 is 0 Å². The van der Waals surface area contributed by atoms with Gasteiger partial charge in [-0.1, -0.05) is 37.5 Å². The van der Waals surface area contributed by atoms with E-state index in [0.29, 0.717) is 16.8 Å². The van der Waals surface area contributed by atoms with Crippen LogP contribution in [-0.2, 0) is 9.59 Å². The molecule has 1 saturated heterocycles. The number of likely N-dealkylation sites (tertiary alicyclic amines) is 1. The van der Waals surface area contributed by atoms with Gasteiger partial charge >= 0.3 is 0 Å². The monoisotopic (exact) mass is 255 g/mol. The number of rotatable bonds is 4. The van der Waals surface area contributed by atoms with Gasteiger partial charge in [-0.2, -0.15) is 0 Å². The highest BCUT2D eigenvalue weighted by Gasteiger charge is 2.39. The van der Waals surface area contributed by atoms with E-state index in [-0.39, 0.29) is 11.8 Å². The molecule has 0 unspecified atom stereocenters. The molecular weight excluding hydrogens is 238 g/mol. The molecule has 0 spiro atoms. The summed E-state index contributed by atoms with van der Waals surface area (Å²) < 4.78 is 0. The predicted octanol–water partition coefficient (Wildman–Crippen LogP) is 3.06. The van der Waals surface area contributed by atoms with E-state index in [9.17, 15) is 9.59 Å². The second kappa shape index (κ2) is 6.50. The Bertz CT molecular complexity index is 545. The Morgan fingerprint density at radius 2 is 1.68 bits per heavy atom. The summed E-state index contributed by atoms with van der Waals surface area (Å²) in [5.41, 5.74) is 1.26. The van der Waals surface area contributed by atoms with Gasteiger partial charge in [-0.05, 0) is 32.1 Å². The first-order valence-corrected chi connectivity index (χ1v) is 5.95. The smallest absolute Gasteiger partial charge is 0.266 e. The molecule has 0 aromatic carbocycles. The zero-order valence-corrected chi connectivity index (χ0v) is 11.2. The van der Waals surface area contributed by atoms with Crippen molar-refractivity contribution in [1.29, 1.82) is 0 Å². The fourth-order valence-electron chi connectivity index (χ4n) is 1.85. The van der Waals surface area contributed by atoms with Crippen molar-refractivity contribution in [2.45, 2.75) is 13.8 Å². The van der Waals surface area contributed by atoms with Crippen molar-refractivity contribution < 1.29 is 9.59 Å². The second-order valence-electron chi connectivity index (χ2n) is 3.79. The molecule has 0 aromatic rings. The van der Waals surface area contributed by atoms with E-state index in [1.165, 1.54) is 6.08 Å². The molecule has 0 aliphatic carbocycles. The molecule has 0 N–H and O–H groups in total. The van der Waals surface area contributed by atoms with Crippen molar-refractivity contribution in [3.63, 3.8) is 0 Å². The van der Waals surface area contributed by atoms with Crippen LogP contribution in [0.15, 0.2) is 72.5 Å².